The summed E-state index contributed by atoms with van der Waals surface area (Å²) in [5, 5.41) is 3.32. The Labute approximate surface area is 165 Å². The van der Waals surface area contributed by atoms with Gasteiger partial charge in [-0.25, -0.2) is 9.97 Å². The molecule has 2 aromatic carbocycles. The number of carbonyl (C=O) groups is 1. The fraction of sp³-hybridized carbons (Fsp3) is 0.261. The second kappa shape index (κ2) is 7.08. The Morgan fingerprint density at radius 2 is 1.71 bits per heavy atom. The van der Waals surface area contributed by atoms with Crippen LogP contribution in [0.3, 0.4) is 0 Å². The van der Waals surface area contributed by atoms with E-state index < -0.39 is 0 Å². The molecule has 0 unspecified atom stereocenters. The van der Waals surface area contributed by atoms with Gasteiger partial charge in [-0.15, -0.1) is 0 Å². The molecule has 4 rings (SSSR count). The quantitative estimate of drug-likeness (QED) is 0.727. The summed E-state index contributed by atoms with van der Waals surface area (Å²) in [5.74, 6) is 0.363. The number of carbonyl (C=O) groups excluding carboxylic acids is 1. The molecule has 0 bridgehead atoms. The minimum Gasteiger partial charge on any atom is -0.324 e. The summed E-state index contributed by atoms with van der Waals surface area (Å²) in [4.78, 5) is 24.0. The minimum atomic E-state index is -0.0872. The van der Waals surface area contributed by atoms with E-state index in [9.17, 15) is 4.79 Å². The van der Waals surface area contributed by atoms with E-state index in [1.807, 2.05) is 30.0 Å². The Balaban J connectivity index is 1.66. The maximum Gasteiger partial charge on any atom is 0.277 e. The van der Waals surface area contributed by atoms with Crippen LogP contribution < -0.4 is 10.2 Å². The number of aromatic nitrogens is 2. The Hall–Kier alpha value is -3.21. The van der Waals surface area contributed by atoms with Crippen LogP contribution in [0.1, 0.15) is 38.4 Å². The molecule has 0 spiro atoms. The number of nitrogens with one attached hydrogen (secondary N) is 1. The Bertz CT molecular complexity index is 1050. The second-order valence-corrected chi connectivity index (χ2v) is 7.45. The van der Waals surface area contributed by atoms with Crippen molar-refractivity contribution in [2.24, 2.45) is 0 Å². The summed E-state index contributed by atoms with van der Waals surface area (Å²) >= 11 is 0. The van der Waals surface area contributed by atoms with Crippen LogP contribution in [0.25, 0.3) is 0 Å². The molecule has 1 aliphatic heterocycles. The van der Waals surface area contributed by atoms with Crippen molar-refractivity contribution in [2.75, 3.05) is 16.8 Å². The lowest BCUT2D eigenvalue weighted by molar-refractivity contribution is 0.0984. The zero-order chi connectivity index (χ0) is 19.8. The lowest BCUT2D eigenvalue weighted by Gasteiger charge is -2.18. The molecule has 142 valence electrons. The van der Waals surface area contributed by atoms with Crippen molar-refractivity contribution in [3.8, 4) is 0 Å². The molecule has 2 heterocycles. The van der Waals surface area contributed by atoms with Gasteiger partial charge in [0.1, 0.15) is 5.69 Å². The van der Waals surface area contributed by atoms with Gasteiger partial charge >= 0.3 is 0 Å². The Morgan fingerprint density at radius 3 is 2.46 bits per heavy atom. The van der Waals surface area contributed by atoms with Gasteiger partial charge in [0.05, 0.1) is 0 Å². The van der Waals surface area contributed by atoms with Crippen molar-refractivity contribution in [3.63, 3.8) is 0 Å². The van der Waals surface area contributed by atoms with Crippen LogP contribution in [0.2, 0.25) is 0 Å². The zero-order valence-corrected chi connectivity index (χ0v) is 16.7. The van der Waals surface area contributed by atoms with Gasteiger partial charge in [-0.3, -0.25) is 4.79 Å². The van der Waals surface area contributed by atoms with Crippen molar-refractivity contribution in [1.29, 1.82) is 0 Å². The van der Waals surface area contributed by atoms with Crippen LogP contribution in [0.15, 0.2) is 42.5 Å². The normalized spacial score (nSPS) is 12.8. The summed E-state index contributed by atoms with van der Waals surface area (Å²) in [6.07, 6.45) is 0.874. The molecule has 28 heavy (non-hydrogen) atoms. The van der Waals surface area contributed by atoms with Crippen LogP contribution in [-0.2, 0) is 6.42 Å². The SMILES string of the molecule is Cc1cc(C)c(Nc2nc(C)cc(C(=O)N3CCc4ccccc43)n2)c(C)c1. The van der Waals surface area contributed by atoms with E-state index in [-0.39, 0.29) is 5.91 Å². The molecule has 5 heteroatoms. The van der Waals surface area contributed by atoms with Crippen LogP contribution in [-0.4, -0.2) is 22.4 Å². The van der Waals surface area contributed by atoms with E-state index in [1.165, 1.54) is 11.1 Å². The third kappa shape index (κ3) is 3.36. The molecule has 5 nitrogen and oxygen atoms in total. The summed E-state index contributed by atoms with van der Waals surface area (Å²) in [7, 11) is 0. The van der Waals surface area contributed by atoms with Gasteiger partial charge in [-0.1, -0.05) is 35.9 Å². The van der Waals surface area contributed by atoms with Gasteiger partial charge in [-0.2, -0.15) is 0 Å². The van der Waals surface area contributed by atoms with E-state index in [1.54, 1.807) is 6.07 Å². The standard InChI is InChI=1S/C23H24N4O/c1-14-11-15(2)21(16(3)12-14)26-23-24-17(4)13-19(25-23)22(28)27-10-9-18-7-5-6-8-20(18)27/h5-8,11-13H,9-10H2,1-4H3,(H,24,25,26). The topological polar surface area (TPSA) is 58.1 Å². The highest BCUT2D eigenvalue weighted by molar-refractivity contribution is 6.06. The molecule has 0 radical (unpaired) electrons. The zero-order valence-electron chi connectivity index (χ0n) is 16.7. The van der Waals surface area contributed by atoms with Crippen molar-refractivity contribution in [1.82, 2.24) is 9.97 Å². The van der Waals surface area contributed by atoms with Gasteiger partial charge in [0, 0.05) is 23.6 Å². The number of amides is 1. The largest absolute Gasteiger partial charge is 0.324 e. The maximum absolute atomic E-state index is 13.2. The third-order valence-electron chi connectivity index (χ3n) is 5.12. The average molecular weight is 372 g/mol. The average Bonchev–Trinajstić information content (AvgIpc) is 3.07. The second-order valence-electron chi connectivity index (χ2n) is 7.45. The molecular weight excluding hydrogens is 348 g/mol. The molecule has 0 fully saturated rings. The van der Waals surface area contributed by atoms with E-state index >= 15 is 0 Å². The van der Waals surface area contributed by atoms with E-state index in [0.717, 1.165) is 34.6 Å². The van der Waals surface area contributed by atoms with Gasteiger partial charge in [-0.05, 0) is 62.9 Å². The fourth-order valence-corrected chi connectivity index (χ4v) is 3.91. The summed E-state index contributed by atoms with van der Waals surface area (Å²) < 4.78 is 0. The first-order chi connectivity index (χ1) is 13.4. The first-order valence-electron chi connectivity index (χ1n) is 9.52. The maximum atomic E-state index is 13.2. The van der Waals surface area contributed by atoms with Gasteiger partial charge in [0.15, 0.2) is 0 Å². The van der Waals surface area contributed by atoms with E-state index in [4.69, 9.17) is 0 Å². The number of benzene rings is 2. The van der Waals surface area contributed by atoms with Crippen molar-refractivity contribution >= 4 is 23.2 Å². The lowest BCUT2D eigenvalue weighted by atomic mass is 10.1. The number of anilines is 3. The highest BCUT2D eigenvalue weighted by Crippen LogP contribution is 2.29. The van der Waals surface area contributed by atoms with E-state index in [0.29, 0.717) is 18.2 Å². The summed E-state index contributed by atoms with van der Waals surface area (Å²) in [6, 6.07) is 14.0. The molecule has 0 saturated heterocycles. The smallest absolute Gasteiger partial charge is 0.277 e. The number of fused-ring (bicyclic) bond motifs is 1. The molecule has 0 saturated carbocycles. The summed E-state index contributed by atoms with van der Waals surface area (Å²) in [5.41, 5.74) is 7.81. The minimum absolute atomic E-state index is 0.0872. The molecule has 0 aliphatic carbocycles. The van der Waals surface area contributed by atoms with Gasteiger partial charge in [0.2, 0.25) is 5.95 Å². The molecular formula is C23H24N4O. The molecule has 1 aliphatic rings. The van der Waals surface area contributed by atoms with Crippen molar-refractivity contribution < 1.29 is 4.79 Å². The predicted molar refractivity (Wildman–Crippen MR) is 113 cm³/mol. The number of hydrogen-bond acceptors (Lipinski definition) is 4. The van der Waals surface area contributed by atoms with Crippen LogP contribution in [0.4, 0.5) is 17.3 Å². The molecule has 1 aromatic heterocycles. The lowest BCUT2D eigenvalue weighted by Crippen LogP contribution is -2.30. The van der Waals surface area contributed by atoms with Gasteiger partial charge < -0.3 is 10.2 Å². The summed E-state index contributed by atoms with van der Waals surface area (Å²) in [6.45, 7) is 8.77. The van der Waals surface area contributed by atoms with Gasteiger partial charge in [0.25, 0.3) is 5.91 Å². The molecule has 3 aromatic rings. The number of rotatable bonds is 3. The van der Waals surface area contributed by atoms with Crippen molar-refractivity contribution in [2.45, 2.75) is 34.1 Å². The number of nitrogens with zero attached hydrogens (tertiary/aromatic N) is 3. The Morgan fingerprint density at radius 1 is 1.00 bits per heavy atom. The number of aryl methyl sites for hydroxylation is 4. The first-order valence-corrected chi connectivity index (χ1v) is 9.52. The van der Waals surface area contributed by atoms with Crippen molar-refractivity contribution in [3.05, 3.63) is 76.1 Å². The number of para-hydroxylation sites is 1. The third-order valence-corrected chi connectivity index (χ3v) is 5.12. The number of hydrogen-bond donors (Lipinski definition) is 1. The molecule has 1 amide bonds. The fourth-order valence-electron chi connectivity index (χ4n) is 3.91. The van der Waals surface area contributed by atoms with Crippen LogP contribution in [0.5, 0.6) is 0 Å². The predicted octanol–water partition coefficient (Wildman–Crippen LogP) is 4.66. The Kier molecular flexibility index (Phi) is 4.59. The van der Waals surface area contributed by atoms with Crippen LogP contribution in [0, 0.1) is 27.7 Å². The highest BCUT2D eigenvalue weighted by Gasteiger charge is 2.26. The molecule has 0 atom stereocenters. The monoisotopic (exact) mass is 372 g/mol. The molecule has 1 N–H and O–H groups in total. The van der Waals surface area contributed by atoms with E-state index in [2.05, 4.69) is 54.3 Å². The first kappa shape index (κ1) is 18.2. The van der Waals surface area contributed by atoms with Crippen LogP contribution >= 0.6 is 0 Å². The highest BCUT2D eigenvalue weighted by atomic mass is 16.2.